The summed E-state index contributed by atoms with van der Waals surface area (Å²) in [6.45, 7) is 6.39. The topological polar surface area (TPSA) is 41.1 Å². The van der Waals surface area contributed by atoms with E-state index in [0.717, 1.165) is 15.7 Å². The Morgan fingerprint density at radius 3 is 2.35 bits per heavy atom. The monoisotopic (exact) mass is 390 g/mol. The van der Waals surface area contributed by atoms with Crippen molar-refractivity contribution in [2.75, 3.05) is 5.32 Å². The highest BCUT2D eigenvalue weighted by Gasteiger charge is 2.19. The lowest BCUT2D eigenvalue weighted by atomic mass is 9.86. The van der Waals surface area contributed by atoms with Crippen LogP contribution >= 0.6 is 28.1 Å². The van der Waals surface area contributed by atoms with E-state index in [0.29, 0.717) is 5.56 Å². The maximum absolute atomic E-state index is 12.1. The summed E-state index contributed by atoms with van der Waals surface area (Å²) in [7, 11) is 0. The Morgan fingerprint density at radius 2 is 1.74 bits per heavy atom. The summed E-state index contributed by atoms with van der Waals surface area (Å²) in [5, 5.41) is 6.12. The fraction of sp³-hybridized carbons (Fsp3) is 0.222. The average Bonchev–Trinajstić information content (AvgIpc) is 2.49. The molecule has 0 spiro atoms. The first-order valence-electron chi connectivity index (χ1n) is 7.25. The number of nitrogens with one attached hydrogen (secondary N) is 2. The van der Waals surface area contributed by atoms with Crippen LogP contribution in [-0.2, 0) is 5.41 Å². The minimum Gasteiger partial charge on any atom is -0.332 e. The molecule has 0 atom stereocenters. The van der Waals surface area contributed by atoms with Gasteiger partial charge in [0.25, 0.3) is 5.91 Å². The number of rotatable bonds is 2. The van der Waals surface area contributed by atoms with Gasteiger partial charge < -0.3 is 5.32 Å². The second-order valence-corrected chi connectivity index (χ2v) is 7.54. The Morgan fingerprint density at radius 1 is 1.09 bits per heavy atom. The van der Waals surface area contributed by atoms with E-state index < -0.39 is 0 Å². The van der Waals surface area contributed by atoms with Crippen LogP contribution in [0.25, 0.3) is 0 Å². The fourth-order valence-electron chi connectivity index (χ4n) is 2.16. The summed E-state index contributed by atoms with van der Waals surface area (Å²) in [6.07, 6.45) is 0. The lowest BCUT2D eigenvalue weighted by molar-refractivity contribution is 0.0977. The molecule has 120 valence electrons. The molecule has 0 radical (unpaired) electrons. The molecule has 0 saturated heterocycles. The molecule has 1 amide bonds. The number of amides is 1. The van der Waals surface area contributed by atoms with Crippen molar-refractivity contribution in [1.82, 2.24) is 5.32 Å². The third-order valence-electron chi connectivity index (χ3n) is 3.30. The molecule has 0 unspecified atom stereocenters. The van der Waals surface area contributed by atoms with Gasteiger partial charge in [0.15, 0.2) is 5.11 Å². The van der Waals surface area contributed by atoms with E-state index in [-0.39, 0.29) is 16.4 Å². The van der Waals surface area contributed by atoms with E-state index in [2.05, 4.69) is 53.4 Å². The first-order valence-corrected chi connectivity index (χ1v) is 8.45. The maximum atomic E-state index is 12.1. The molecule has 0 heterocycles. The summed E-state index contributed by atoms with van der Waals surface area (Å²) < 4.78 is 1.01. The molecule has 2 aromatic carbocycles. The number of benzene rings is 2. The van der Waals surface area contributed by atoms with Crippen molar-refractivity contribution in [3.63, 3.8) is 0 Å². The second-order valence-electron chi connectivity index (χ2n) is 6.21. The number of hydrogen-bond acceptors (Lipinski definition) is 2. The Bertz CT molecular complexity index is 724. The number of anilines is 1. The minimum absolute atomic E-state index is 0.0504. The smallest absolute Gasteiger partial charge is 0.257 e. The largest absolute Gasteiger partial charge is 0.332 e. The molecule has 5 heteroatoms. The van der Waals surface area contributed by atoms with Gasteiger partial charge >= 0.3 is 0 Å². The van der Waals surface area contributed by atoms with Gasteiger partial charge in [0.1, 0.15) is 0 Å². The van der Waals surface area contributed by atoms with Crippen molar-refractivity contribution < 1.29 is 4.79 Å². The quantitative estimate of drug-likeness (QED) is 0.718. The van der Waals surface area contributed by atoms with Gasteiger partial charge in [-0.25, -0.2) is 0 Å². The first-order chi connectivity index (χ1) is 10.8. The molecule has 3 nitrogen and oxygen atoms in total. The molecular weight excluding hydrogens is 372 g/mol. The van der Waals surface area contributed by atoms with Crippen LogP contribution in [-0.4, -0.2) is 11.0 Å². The normalized spacial score (nSPS) is 11.0. The van der Waals surface area contributed by atoms with Gasteiger partial charge in [-0.05, 0) is 53.5 Å². The second kappa shape index (κ2) is 7.23. The molecule has 0 saturated carbocycles. The molecular formula is C18H19BrN2OS. The summed E-state index contributed by atoms with van der Waals surface area (Å²) in [5.41, 5.74) is 2.52. The molecule has 0 bridgehead atoms. The van der Waals surface area contributed by atoms with Crippen LogP contribution < -0.4 is 10.6 Å². The molecule has 0 aliphatic heterocycles. The molecule has 23 heavy (non-hydrogen) atoms. The van der Waals surface area contributed by atoms with Gasteiger partial charge in [-0.1, -0.05) is 54.9 Å². The lowest BCUT2D eigenvalue weighted by Crippen LogP contribution is -2.34. The highest BCUT2D eigenvalue weighted by Crippen LogP contribution is 2.32. The SMILES string of the molecule is CC(C)(C)c1cc(Br)ccc1NC(=S)NC(=O)c1ccccc1. The third kappa shape index (κ3) is 4.88. The van der Waals surface area contributed by atoms with Crippen molar-refractivity contribution in [2.45, 2.75) is 26.2 Å². The highest BCUT2D eigenvalue weighted by molar-refractivity contribution is 9.10. The van der Waals surface area contributed by atoms with E-state index in [1.807, 2.05) is 30.3 Å². The van der Waals surface area contributed by atoms with Crippen molar-refractivity contribution in [3.8, 4) is 0 Å². The van der Waals surface area contributed by atoms with Gasteiger partial charge in [0.2, 0.25) is 0 Å². The van der Waals surface area contributed by atoms with Crippen LogP contribution in [0.4, 0.5) is 5.69 Å². The minimum atomic E-state index is -0.225. The number of thiocarbonyl (C=S) groups is 1. The average molecular weight is 391 g/mol. The Hall–Kier alpha value is -1.72. The zero-order valence-electron chi connectivity index (χ0n) is 13.3. The Balaban J connectivity index is 2.13. The standard InChI is InChI=1S/C18H19BrN2OS/c1-18(2,3)14-11-13(19)9-10-15(14)20-17(23)21-16(22)12-7-5-4-6-8-12/h4-11H,1-3H3,(H2,20,21,22,23). The van der Waals surface area contributed by atoms with Crippen molar-refractivity contribution in [2.24, 2.45) is 0 Å². The molecule has 0 fully saturated rings. The van der Waals surface area contributed by atoms with Gasteiger partial charge in [-0.2, -0.15) is 0 Å². The van der Waals surface area contributed by atoms with Crippen LogP contribution in [0.1, 0.15) is 36.7 Å². The van der Waals surface area contributed by atoms with Crippen LogP contribution in [0.3, 0.4) is 0 Å². The van der Waals surface area contributed by atoms with Crippen LogP contribution in [0.5, 0.6) is 0 Å². The molecule has 0 aliphatic rings. The number of hydrogen-bond donors (Lipinski definition) is 2. The fourth-order valence-corrected chi connectivity index (χ4v) is 2.73. The van der Waals surface area contributed by atoms with Gasteiger partial charge in [-0.3, -0.25) is 10.1 Å². The lowest BCUT2D eigenvalue weighted by Gasteiger charge is -2.24. The highest BCUT2D eigenvalue weighted by atomic mass is 79.9. The Kier molecular flexibility index (Phi) is 5.55. The zero-order chi connectivity index (χ0) is 17.0. The first kappa shape index (κ1) is 17.6. The number of halogens is 1. The van der Waals surface area contributed by atoms with Crippen LogP contribution in [0.2, 0.25) is 0 Å². The van der Waals surface area contributed by atoms with E-state index in [1.165, 1.54) is 0 Å². The van der Waals surface area contributed by atoms with Crippen molar-refractivity contribution in [1.29, 1.82) is 0 Å². The molecule has 0 aliphatic carbocycles. The van der Waals surface area contributed by atoms with E-state index in [4.69, 9.17) is 12.2 Å². The molecule has 2 rings (SSSR count). The zero-order valence-corrected chi connectivity index (χ0v) is 15.7. The van der Waals surface area contributed by atoms with Gasteiger partial charge in [-0.15, -0.1) is 0 Å². The molecule has 0 aromatic heterocycles. The summed E-state index contributed by atoms with van der Waals surface area (Å²) in [4.78, 5) is 12.1. The summed E-state index contributed by atoms with van der Waals surface area (Å²) in [5.74, 6) is -0.225. The molecule has 2 aromatic rings. The third-order valence-corrected chi connectivity index (χ3v) is 4.00. The Labute approximate surface area is 150 Å². The van der Waals surface area contributed by atoms with Crippen molar-refractivity contribution >= 4 is 44.9 Å². The maximum Gasteiger partial charge on any atom is 0.257 e. The van der Waals surface area contributed by atoms with Crippen LogP contribution in [0, 0.1) is 0 Å². The van der Waals surface area contributed by atoms with Crippen molar-refractivity contribution in [3.05, 3.63) is 64.1 Å². The van der Waals surface area contributed by atoms with E-state index in [1.54, 1.807) is 12.1 Å². The van der Waals surface area contributed by atoms with E-state index in [9.17, 15) is 4.79 Å². The predicted octanol–water partition coefficient (Wildman–Crippen LogP) is 4.87. The van der Waals surface area contributed by atoms with Gasteiger partial charge in [0.05, 0.1) is 0 Å². The molecule has 2 N–H and O–H groups in total. The van der Waals surface area contributed by atoms with Gasteiger partial charge in [0, 0.05) is 15.7 Å². The number of carbonyl (C=O) groups is 1. The summed E-state index contributed by atoms with van der Waals surface area (Å²) >= 11 is 8.77. The predicted molar refractivity (Wildman–Crippen MR) is 103 cm³/mol. The number of carbonyl (C=O) groups excluding carboxylic acids is 1. The summed E-state index contributed by atoms with van der Waals surface area (Å²) in [6, 6.07) is 14.9. The van der Waals surface area contributed by atoms with Crippen LogP contribution in [0.15, 0.2) is 53.0 Å². The van der Waals surface area contributed by atoms with E-state index >= 15 is 0 Å².